The van der Waals surface area contributed by atoms with Crippen molar-refractivity contribution in [2.45, 2.75) is 0 Å². The largest absolute Gasteiger partial charge is 0.472 e. The van der Waals surface area contributed by atoms with Crippen LogP contribution < -0.4 is 0 Å². The molecule has 0 N–H and O–H groups in total. The van der Waals surface area contributed by atoms with Gasteiger partial charge in [0.05, 0.1) is 12.5 Å². The Balaban J connectivity index is 2.34. The second-order valence-electron chi connectivity index (χ2n) is 2.86. The fraction of sp³-hybridized carbons (Fsp3) is 0. The molecule has 0 amide bonds. The molecule has 0 atom stereocenters. The summed E-state index contributed by atoms with van der Waals surface area (Å²) < 4.78 is 5.00. The Hall–Kier alpha value is -1.76. The first-order valence-electron chi connectivity index (χ1n) is 4.15. The lowest BCUT2D eigenvalue weighted by Crippen LogP contribution is -1.81. The van der Waals surface area contributed by atoms with Crippen LogP contribution in [-0.2, 0) is 0 Å². The number of hydrogen-bond acceptors (Lipinski definition) is 1. The molecule has 0 aliphatic carbocycles. The molecule has 1 aromatic heterocycles. The highest BCUT2D eigenvalue weighted by Gasteiger charge is 2.01. The molecule has 2 aromatic rings. The van der Waals surface area contributed by atoms with E-state index >= 15 is 0 Å². The quantitative estimate of drug-likeness (QED) is 0.673. The molecule has 1 heterocycles. The number of benzene rings is 1. The molecule has 0 aliphatic heterocycles. The van der Waals surface area contributed by atoms with Gasteiger partial charge in [0.25, 0.3) is 0 Å². The van der Waals surface area contributed by atoms with Crippen LogP contribution in [0.2, 0.25) is 0 Å². The molecule has 1 nitrogen and oxygen atoms in total. The van der Waals surface area contributed by atoms with Crippen molar-refractivity contribution < 1.29 is 4.42 Å². The third-order valence-electron chi connectivity index (χ3n) is 1.99. The molecule has 0 spiro atoms. The van der Waals surface area contributed by atoms with Gasteiger partial charge in [0.1, 0.15) is 0 Å². The fourth-order valence-electron chi connectivity index (χ4n) is 1.24. The minimum Gasteiger partial charge on any atom is -0.472 e. The van der Waals surface area contributed by atoms with Crippen LogP contribution in [0, 0.1) is 0 Å². The van der Waals surface area contributed by atoms with Crippen LogP contribution >= 0.6 is 0 Å². The summed E-state index contributed by atoms with van der Waals surface area (Å²) in [6.45, 7) is 4.01. The van der Waals surface area contributed by atoms with E-state index in [1.807, 2.05) is 36.4 Å². The number of hydrogen-bond donors (Lipinski definition) is 0. The molecule has 64 valence electrons. The van der Waals surface area contributed by atoms with Crippen molar-refractivity contribution in [3.63, 3.8) is 0 Å². The van der Waals surface area contributed by atoms with Crippen molar-refractivity contribution in [3.05, 3.63) is 66.6 Å². The van der Waals surface area contributed by atoms with Gasteiger partial charge < -0.3 is 4.42 Å². The highest BCUT2D eigenvalue weighted by Crippen LogP contribution is 2.20. The number of furan rings is 1. The van der Waals surface area contributed by atoms with E-state index in [0.29, 0.717) is 0 Å². The Morgan fingerprint density at radius 3 is 2.38 bits per heavy atom. The Morgan fingerprint density at radius 2 is 1.77 bits per heavy atom. The van der Waals surface area contributed by atoms with Gasteiger partial charge >= 0.3 is 0 Å². The van der Waals surface area contributed by atoms with Gasteiger partial charge in [-0.3, -0.25) is 0 Å². The van der Waals surface area contributed by atoms with Crippen LogP contribution in [0.1, 0.15) is 11.1 Å². The molecule has 2 rings (SSSR count). The lowest BCUT2D eigenvalue weighted by atomic mass is 10.0. The maximum atomic E-state index is 5.00. The molecular formula is C12H10O. The summed E-state index contributed by atoms with van der Waals surface area (Å²) in [4.78, 5) is 0. The molecule has 1 heteroatoms. The van der Waals surface area contributed by atoms with Crippen molar-refractivity contribution in [1.82, 2.24) is 0 Å². The summed E-state index contributed by atoms with van der Waals surface area (Å²) in [5.41, 5.74) is 3.16. The van der Waals surface area contributed by atoms with Crippen molar-refractivity contribution in [1.29, 1.82) is 0 Å². The Bertz CT molecular complexity index is 384. The van der Waals surface area contributed by atoms with E-state index in [-0.39, 0.29) is 0 Å². The Labute approximate surface area is 77.3 Å². The fourth-order valence-corrected chi connectivity index (χ4v) is 1.24. The van der Waals surface area contributed by atoms with E-state index in [0.717, 1.165) is 16.7 Å². The van der Waals surface area contributed by atoms with Crippen LogP contribution in [0.15, 0.2) is 59.9 Å². The third-order valence-corrected chi connectivity index (χ3v) is 1.99. The van der Waals surface area contributed by atoms with Crippen LogP contribution in [-0.4, -0.2) is 0 Å². The second kappa shape index (κ2) is 3.31. The average molecular weight is 170 g/mol. The van der Waals surface area contributed by atoms with E-state index in [9.17, 15) is 0 Å². The average Bonchev–Trinajstić information content (AvgIpc) is 2.71. The molecule has 13 heavy (non-hydrogen) atoms. The first-order valence-corrected chi connectivity index (χ1v) is 4.15. The normalized spacial score (nSPS) is 9.85. The van der Waals surface area contributed by atoms with Crippen molar-refractivity contribution in [2.24, 2.45) is 0 Å². The molecule has 0 unspecified atom stereocenters. The van der Waals surface area contributed by atoms with Gasteiger partial charge in [-0.1, -0.05) is 36.9 Å². The van der Waals surface area contributed by atoms with Gasteiger partial charge in [0.2, 0.25) is 0 Å². The van der Waals surface area contributed by atoms with Crippen LogP contribution in [0.5, 0.6) is 0 Å². The predicted octanol–water partition coefficient (Wildman–Crippen LogP) is 3.34. The van der Waals surface area contributed by atoms with Crippen LogP contribution in [0.25, 0.3) is 5.57 Å². The molecule has 0 bridgehead atoms. The summed E-state index contributed by atoms with van der Waals surface area (Å²) in [5.74, 6) is 0. The van der Waals surface area contributed by atoms with Crippen LogP contribution in [0.3, 0.4) is 0 Å². The SMILES string of the molecule is C=C(c1ccccc1)c1ccoc1. The molecule has 0 saturated heterocycles. The van der Waals surface area contributed by atoms with E-state index in [2.05, 4.69) is 6.58 Å². The van der Waals surface area contributed by atoms with Crippen LogP contribution in [0.4, 0.5) is 0 Å². The zero-order valence-corrected chi connectivity index (χ0v) is 7.23. The molecule has 0 radical (unpaired) electrons. The first kappa shape index (κ1) is 7.87. The van der Waals surface area contributed by atoms with Gasteiger partial charge in [-0.2, -0.15) is 0 Å². The maximum Gasteiger partial charge on any atom is 0.0980 e. The lowest BCUT2D eigenvalue weighted by Gasteiger charge is -2.01. The summed E-state index contributed by atoms with van der Waals surface area (Å²) >= 11 is 0. The van der Waals surface area contributed by atoms with Gasteiger partial charge in [-0.15, -0.1) is 0 Å². The zero-order chi connectivity index (χ0) is 9.10. The molecule has 1 aromatic carbocycles. The minimum atomic E-state index is 0.995. The summed E-state index contributed by atoms with van der Waals surface area (Å²) in [6, 6.07) is 12.0. The minimum absolute atomic E-state index is 0.995. The van der Waals surface area contributed by atoms with E-state index in [1.54, 1.807) is 12.5 Å². The monoisotopic (exact) mass is 170 g/mol. The van der Waals surface area contributed by atoms with Gasteiger partial charge in [0, 0.05) is 5.56 Å². The Kier molecular flexibility index (Phi) is 2.01. The van der Waals surface area contributed by atoms with E-state index < -0.39 is 0 Å². The zero-order valence-electron chi connectivity index (χ0n) is 7.23. The van der Waals surface area contributed by atoms with E-state index in [4.69, 9.17) is 4.42 Å². The van der Waals surface area contributed by atoms with Crippen molar-refractivity contribution >= 4 is 5.57 Å². The first-order chi connectivity index (χ1) is 6.38. The maximum absolute atomic E-state index is 5.00. The standard InChI is InChI=1S/C12H10O/c1-10(12-7-8-13-9-12)11-5-3-2-4-6-11/h2-9H,1H2. The summed E-state index contributed by atoms with van der Waals surface area (Å²) in [5, 5.41) is 0. The number of rotatable bonds is 2. The molecule has 0 fully saturated rings. The highest BCUT2D eigenvalue weighted by molar-refractivity contribution is 5.77. The third kappa shape index (κ3) is 1.54. The van der Waals surface area contributed by atoms with Crippen molar-refractivity contribution in [2.75, 3.05) is 0 Å². The van der Waals surface area contributed by atoms with Gasteiger partial charge in [-0.25, -0.2) is 0 Å². The highest BCUT2D eigenvalue weighted by atomic mass is 16.3. The van der Waals surface area contributed by atoms with Gasteiger partial charge in [-0.05, 0) is 17.2 Å². The molecule has 0 saturated carbocycles. The van der Waals surface area contributed by atoms with Crippen molar-refractivity contribution in [3.8, 4) is 0 Å². The summed E-state index contributed by atoms with van der Waals surface area (Å²) in [7, 11) is 0. The molecular weight excluding hydrogens is 160 g/mol. The van der Waals surface area contributed by atoms with E-state index in [1.165, 1.54) is 0 Å². The second-order valence-corrected chi connectivity index (χ2v) is 2.86. The molecule has 0 aliphatic rings. The Morgan fingerprint density at radius 1 is 1.00 bits per heavy atom. The smallest absolute Gasteiger partial charge is 0.0980 e. The van der Waals surface area contributed by atoms with Gasteiger partial charge in [0.15, 0.2) is 0 Å². The topological polar surface area (TPSA) is 13.1 Å². The lowest BCUT2D eigenvalue weighted by molar-refractivity contribution is 0.566. The predicted molar refractivity (Wildman–Crippen MR) is 53.3 cm³/mol. The summed E-state index contributed by atoms with van der Waals surface area (Å²) in [6.07, 6.45) is 3.36.